The summed E-state index contributed by atoms with van der Waals surface area (Å²) in [4.78, 5) is 22.5. The van der Waals surface area contributed by atoms with Crippen molar-refractivity contribution in [1.82, 2.24) is 4.57 Å². The number of fused-ring (bicyclic) bond motifs is 1. The summed E-state index contributed by atoms with van der Waals surface area (Å²) in [6.45, 7) is 0. The lowest BCUT2D eigenvalue weighted by Crippen LogP contribution is -2.21. The number of rotatable bonds is 2. The van der Waals surface area contributed by atoms with E-state index in [1.54, 1.807) is 26.3 Å². The Morgan fingerprint density at radius 1 is 1.38 bits per heavy atom. The van der Waals surface area contributed by atoms with Crippen molar-refractivity contribution in [3.63, 3.8) is 0 Å². The van der Waals surface area contributed by atoms with Crippen molar-refractivity contribution in [2.45, 2.75) is 0 Å². The normalized spacial score (nSPS) is 10.4. The number of aryl methyl sites for hydroxylation is 1. The van der Waals surface area contributed by atoms with Crippen LogP contribution in [0.2, 0.25) is 0 Å². The third-order valence-corrected chi connectivity index (χ3v) is 2.58. The zero-order chi connectivity index (χ0) is 11.7. The van der Waals surface area contributed by atoms with E-state index in [2.05, 4.69) is 0 Å². The fourth-order valence-electron chi connectivity index (χ4n) is 1.79. The van der Waals surface area contributed by atoms with Crippen LogP contribution in [0, 0.1) is 0 Å². The molecule has 0 saturated heterocycles. The minimum atomic E-state index is -0.313. The zero-order valence-electron chi connectivity index (χ0n) is 9.06. The SMILES string of the molecule is COc1cccc2cc(C=O)c(=O)n(C)c12. The van der Waals surface area contributed by atoms with E-state index in [1.165, 1.54) is 4.57 Å². The first-order chi connectivity index (χ1) is 7.69. The molecule has 4 heteroatoms. The number of pyridine rings is 1. The van der Waals surface area contributed by atoms with Gasteiger partial charge in [-0.15, -0.1) is 0 Å². The molecule has 2 aromatic rings. The molecule has 0 aliphatic carbocycles. The maximum Gasteiger partial charge on any atom is 0.261 e. The van der Waals surface area contributed by atoms with Gasteiger partial charge in [0.2, 0.25) is 0 Å². The predicted octanol–water partition coefficient (Wildman–Crippen LogP) is 1.36. The minimum absolute atomic E-state index is 0.156. The molecule has 1 aromatic heterocycles. The zero-order valence-corrected chi connectivity index (χ0v) is 9.06. The maximum absolute atomic E-state index is 11.8. The molecule has 1 heterocycles. The number of carbonyl (C=O) groups is 1. The van der Waals surface area contributed by atoms with Gasteiger partial charge < -0.3 is 9.30 Å². The number of hydrogen-bond donors (Lipinski definition) is 0. The molecule has 0 spiro atoms. The van der Waals surface area contributed by atoms with Crippen molar-refractivity contribution in [3.8, 4) is 5.75 Å². The lowest BCUT2D eigenvalue weighted by Gasteiger charge is -2.09. The number of nitrogens with zero attached hydrogens (tertiary/aromatic N) is 1. The number of carbonyl (C=O) groups excluding carboxylic acids is 1. The van der Waals surface area contributed by atoms with Gasteiger partial charge in [0.15, 0.2) is 6.29 Å². The number of benzene rings is 1. The van der Waals surface area contributed by atoms with Crippen LogP contribution < -0.4 is 10.3 Å². The van der Waals surface area contributed by atoms with E-state index in [4.69, 9.17) is 4.74 Å². The summed E-state index contributed by atoms with van der Waals surface area (Å²) in [5, 5.41) is 0.809. The Morgan fingerprint density at radius 2 is 2.12 bits per heavy atom. The molecule has 0 amide bonds. The summed E-state index contributed by atoms with van der Waals surface area (Å²) in [6, 6.07) is 7.01. The molecule has 0 unspecified atom stereocenters. The number of aromatic nitrogens is 1. The van der Waals surface area contributed by atoms with Gasteiger partial charge in [-0.1, -0.05) is 12.1 Å². The van der Waals surface area contributed by atoms with E-state index in [1.807, 2.05) is 12.1 Å². The highest BCUT2D eigenvalue weighted by atomic mass is 16.5. The fraction of sp³-hybridized carbons (Fsp3) is 0.167. The van der Waals surface area contributed by atoms with Gasteiger partial charge in [-0.2, -0.15) is 0 Å². The fourth-order valence-corrected chi connectivity index (χ4v) is 1.79. The summed E-state index contributed by atoms with van der Waals surface area (Å²) >= 11 is 0. The average molecular weight is 217 g/mol. The van der Waals surface area contributed by atoms with E-state index >= 15 is 0 Å². The molecular weight excluding hydrogens is 206 g/mol. The van der Waals surface area contributed by atoms with Gasteiger partial charge in [0.25, 0.3) is 5.56 Å². The molecule has 0 saturated carbocycles. The standard InChI is InChI=1S/C12H11NO3/c1-13-11-8(4-3-5-10(11)16-2)6-9(7-14)12(13)15/h3-7H,1-2H3. The highest BCUT2D eigenvalue weighted by molar-refractivity contribution is 5.89. The Morgan fingerprint density at radius 3 is 2.75 bits per heavy atom. The number of ether oxygens (including phenoxy) is 1. The minimum Gasteiger partial charge on any atom is -0.495 e. The Kier molecular flexibility index (Phi) is 2.48. The summed E-state index contributed by atoms with van der Waals surface area (Å²) in [5.74, 6) is 0.620. The van der Waals surface area contributed by atoms with Crippen molar-refractivity contribution < 1.29 is 9.53 Å². The summed E-state index contributed by atoms with van der Waals surface area (Å²) in [7, 11) is 3.17. The molecule has 16 heavy (non-hydrogen) atoms. The van der Waals surface area contributed by atoms with E-state index < -0.39 is 0 Å². The Bertz CT molecular complexity index is 613. The first-order valence-corrected chi connectivity index (χ1v) is 4.81. The Balaban J connectivity index is 2.98. The van der Waals surface area contributed by atoms with Crippen molar-refractivity contribution in [2.24, 2.45) is 7.05 Å². The van der Waals surface area contributed by atoms with Crippen LogP contribution in [0.3, 0.4) is 0 Å². The first kappa shape index (κ1) is 10.4. The number of methoxy groups -OCH3 is 1. The number of hydrogen-bond acceptors (Lipinski definition) is 3. The van der Waals surface area contributed by atoms with E-state index in [0.29, 0.717) is 17.6 Å². The van der Waals surface area contributed by atoms with Crippen LogP contribution in [0.4, 0.5) is 0 Å². The molecule has 0 N–H and O–H groups in total. The van der Waals surface area contributed by atoms with Gasteiger partial charge >= 0.3 is 0 Å². The third-order valence-electron chi connectivity index (χ3n) is 2.58. The maximum atomic E-state index is 11.8. The van der Waals surface area contributed by atoms with Crippen LogP contribution in [0.1, 0.15) is 10.4 Å². The molecule has 0 radical (unpaired) electrons. The van der Waals surface area contributed by atoms with Crippen LogP contribution in [0.15, 0.2) is 29.1 Å². The topological polar surface area (TPSA) is 48.3 Å². The van der Waals surface area contributed by atoms with Gasteiger partial charge in [0, 0.05) is 12.4 Å². The first-order valence-electron chi connectivity index (χ1n) is 4.81. The molecule has 4 nitrogen and oxygen atoms in total. The molecular formula is C12H11NO3. The highest BCUT2D eigenvalue weighted by Gasteiger charge is 2.09. The number of para-hydroxylation sites is 1. The van der Waals surface area contributed by atoms with Crippen molar-refractivity contribution in [3.05, 3.63) is 40.2 Å². The lowest BCUT2D eigenvalue weighted by atomic mass is 10.1. The van der Waals surface area contributed by atoms with Crippen LogP contribution >= 0.6 is 0 Å². The monoisotopic (exact) mass is 217 g/mol. The van der Waals surface area contributed by atoms with Gasteiger partial charge in [-0.3, -0.25) is 9.59 Å². The van der Waals surface area contributed by atoms with Crippen molar-refractivity contribution in [2.75, 3.05) is 7.11 Å². The smallest absolute Gasteiger partial charge is 0.261 e. The molecule has 0 aliphatic rings. The van der Waals surface area contributed by atoms with E-state index in [0.717, 1.165) is 5.39 Å². The predicted molar refractivity (Wildman–Crippen MR) is 61.1 cm³/mol. The summed E-state index contributed by atoms with van der Waals surface area (Å²) in [5.41, 5.74) is 0.538. The largest absolute Gasteiger partial charge is 0.495 e. The second kappa shape index (κ2) is 3.81. The summed E-state index contributed by atoms with van der Waals surface area (Å²) in [6.07, 6.45) is 0.571. The molecule has 0 fully saturated rings. The third kappa shape index (κ3) is 1.39. The van der Waals surface area contributed by atoms with Gasteiger partial charge in [-0.25, -0.2) is 0 Å². The molecule has 0 atom stereocenters. The number of aldehydes is 1. The Hall–Kier alpha value is -2.10. The lowest BCUT2D eigenvalue weighted by molar-refractivity contribution is 0.112. The van der Waals surface area contributed by atoms with E-state index in [9.17, 15) is 9.59 Å². The molecule has 0 bridgehead atoms. The second-order valence-electron chi connectivity index (χ2n) is 3.48. The van der Waals surface area contributed by atoms with Crippen LogP contribution in [-0.2, 0) is 7.05 Å². The van der Waals surface area contributed by atoms with Crippen molar-refractivity contribution in [1.29, 1.82) is 0 Å². The second-order valence-corrected chi connectivity index (χ2v) is 3.48. The summed E-state index contributed by atoms with van der Waals surface area (Å²) < 4.78 is 6.62. The Labute approximate surface area is 92.1 Å². The van der Waals surface area contributed by atoms with Gasteiger partial charge in [0.1, 0.15) is 5.75 Å². The average Bonchev–Trinajstić information content (AvgIpc) is 2.32. The highest BCUT2D eigenvalue weighted by Crippen LogP contribution is 2.23. The van der Waals surface area contributed by atoms with Gasteiger partial charge in [0.05, 0.1) is 18.2 Å². The van der Waals surface area contributed by atoms with Crippen LogP contribution in [0.5, 0.6) is 5.75 Å². The van der Waals surface area contributed by atoms with Gasteiger partial charge in [-0.05, 0) is 12.1 Å². The molecule has 1 aromatic carbocycles. The van der Waals surface area contributed by atoms with E-state index in [-0.39, 0.29) is 11.1 Å². The van der Waals surface area contributed by atoms with Crippen molar-refractivity contribution >= 4 is 17.2 Å². The van der Waals surface area contributed by atoms with Crippen LogP contribution in [-0.4, -0.2) is 18.0 Å². The molecule has 82 valence electrons. The molecule has 2 rings (SSSR count). The quantitative estimate of drug-likeness (QED) is 0.713. The molecule has 0 aliphatic heterocycles. The van der Waals surface area contributed by atoms with Crippen LogP contribution in [0.25, 0.3) is 10.9 Å².